The molecule has 4 nitrogen and oxygen atoms in total. The predicted octanol–water partition coefficient (Wildman–Crippen LogP) is 4.18. The average molecular weight is 336 g/mol. The Morgan fingerprint density at radius 2 is 2.32 bits per heavy atom. The standard InChI is InChI=1S/C21H24N2O2/c1-4-18-13-16(11-12-23(18)5-2)14-22-19-8-6-7-17-9-10-20(15(3)24)25-21(17)19/h4-8,11-13,20,22H,2,9-10,14H2,1,3H3/b18-4-. The van der Waals surface area contributed by atoms with Crippen molar-refractivity contribution in [1.82, 2.24) is 4.90 Å². The summed E-state index contributed by atoms with van der Waals surface area (Å²) in [5.41, 5.74) is 4.36. The highest BCUT2D eigenvalue weighted by Gasteiger charge is 2.25. The Morgan fingerprint density at radius 3 is 3.04 bits per heavy atom. The fraction of sp³-hybridized carbons (Fsp3) is 0.286. The largest absolute Gasteiger partial charge is 0.480 e. The Kier molecular flexibility index (Phi) is 5.08. The number of carbonyl (C=O) groups excluding carboxylic acids is 1. The molecule has 1 aromatic carbocycles. The zero-order valence-electron chi connectivity index (χ0n) is 14.8. The van der Waals surface area contributed by atoms with E-state index in [1.54, 1.807) is 13.1 Å². The minimum absolute atomic E-state index is 0.0839. The lowest BCUT2D eigenvalue weighted by Gasteiger charge is -2.27. The van der Waals surface area contributed by atoms with Crippen LogP contribution in [-0.4, -0.2) is 23.3 Å². The van der Waals surface area contributed by atoms with E-state index in [1.165, 1.54) is 5.57 Å². The first-order valence-corrected chi connectivity index (χ1v) is 8.61. The molecule has 1 atom stereocenters. The molecule has 1 N–H and O–H groups in total. The van der Waals surface area contributed by atoms with Crippen molar-refractivity contribution in [3.63, 3.8) is 0 Å². The van der Waals surface area contributed by atoms with Gasteiger partial charge in [0.2, 0.25) is 0 Å². The number of carbonyl (C=O) groups is 1. The van der Waals surface area contributed by atoms with E-state index < -0.39 is 0 Å². The molecule has 2 aliphatic rings. The van der Waals surface area contributed by atoms with Gasteiger partial charge >= 0.3 is 0 Å². The van der Waals surface area contributed by atoms with Gasteiger partial charge in [-0.1, -0.05) is 24.8 Å². The number of nitrogens with one attached hydrogen (secondary N) is 1. The number of rotatable bonds is 5. The number of benzene rings is 1. The summed E-state index contributed by atoms with van der Waals surface area (Å²) < 4.78 is 5.96. The molecule has 0 radical (unpaired) electrons. The van der Waals surface area contributed by atoms with Crippen molar-refractivity contribution in [2.75, 3.05) is 11.9 Å². The fourth-order valence-electron chi connectivity index (χ4n) is 3.11. The molecule has 0 aromatic heterocycles. The maximum atomic E-state index is 11.7. The van der Waals surface area contributed by atoms with E-state index in [0.29, 0.717) is 6.54 Å². The van der Waals surface area contributed by atoms with Gasteiger partial charge in [-0.3, -0.25) is 4.79 Å². The molecule has 0 saturated carbocycles. The van der Waals surface area contributed by atoms with Gasteiger partial charge in [0.25, 0.3) is 0 Å². The Bertz CT molecular complexity index is 774. The van der Waals surface area contributed by atoms with Crippen LogP contribution in [0.1, 0.15) is 25.8 Å². The summed E-state index contributed by atoms with van der Waals surface area (Å²) >= 11 is 0. The first kappa shape index (κ1) is 17.1. The number of ether oxygens (including phenoxy) is 1. The Balaban J connectivity index is 1.75. The molecule has 0 fully saturated rings. The molecule has 1 unspecified atom stereocenters. The number of hydrogen-bond donors (Lipinski definition) is 1. The smallest absolute Gasteiger partial charge is 0.170 e. The third-order valence-electron chi connectivity index (χ3n) is 4.54. The number of nitrogens with zero attached hydrogens (tertiary/aromatic N) is 1. The van der Waals surface area contributed by atoms with Crippen molar-refractivity contribution < 1.29 is 9.53 Å². The minimum Gasteiger partial charge on any atom is -0.480 e. The van der Waals surface area contributed by atoms with E-state index in [0.717, 1.165) is 35.5 Å². The van der Waals surface area contributed by atoms with E-state index in [-0.39, 0.29) is 11.9 Å². The highest BCUT2D eigenvalue weighted by molar-refractivity contribution is 5.81. The summed E-state index contributed by atoms with van der Waals surface area (Å²) in [4.78, 5) is 13.7. The zero-order chi connectivity index (χ0) is 17.8. The van der Waals surface area contributed by atoms with Crippen LogP contribution in [0.4, 0.5) is 5.69 Å². The second-order valence-corrected chi connectivity index (χ2v) is 6.24. The number of anilines is 1. The van der Waals surface area contributed by atoms with E-state index in [9.17, 15) is 4.79 Å². The van der Waals surface area contributed by atoms with Gasteiger partial charge in [-0.15, -0.1) is 0 Å². The summed E-state index contributed by atoms with van der Waals surface area (Å²) in [6.07, 6.45) is 11.3. The van der Waals surface area contributed by atoms with Crippen LogP contribution in [0.2, 0.25) is 0 Å². The lowest BCUT2D eigenvalue weighted by Crippen LogP contribution is -2.29. The van der Waals surface area contributed by atoms with Crippen molar-refractivity contribution in [1.29, 1.82) is 0 Å². The molecule has 25 heavy (non-hydrogen) atoms. The minimum atomic E-state index is -0.333. The molecule has 0 aliphatic carbocycles. The van der Waals surface area contributed by atoms with Gasteiger partial charge in [0.15, 0.2) is 11.9 Å². The molecule has 0 saturated heterocycles. The first-order chi connectivity index (χ1) is 12.1. The van der Waals surface area contributed by atoms with Crippen LogP contribution in [0.5, 0.6) is 5.75 Å². The number of para-hydroxylation sites is 1. The number of aryl methyl sites for hydroxylation is 1. The van der Waals surface area contributed by atoms with Crippen molar-refractivity contribution in [2.45, 2.75) is 32.8 Å². The van der Waals surface area contributed by atoms with Gasteiger partial charge < -0.3 is 15.0 Å². The Hall–Kier alpha value is -2.75. The topological polar surface area (TPSA) is 41.6 Å². The van der Waals surface area contributed by atoms with Crippen molar-refractivity contribution in [3.8, 4) is 5.75 Å². The second kappa shape index (κ2) is 7.43. The molecule has 3 rings (SSSR count). The quantitative estimate of drug-likeness (QED) is 0.876. The third-order valence-corrected chi connectivity index (χ3v) is 4.54. The van der Waals surface area contributed by atoms with Crippen molar-refractivity contribution in [3.05, 3.63) is 72.2 Å². The number of ketones is 1. The highest BCUT2D eigenvalue weighted by Crippen LogP contribution is 2.35. The summed E-state index contributed by atoms with van der Waals surface area (Å²) in [7, 11) is 0. The van der Waals surface area contributed by atoms with Gasteiger partial charge in [-0.25, -0.2) is 0 Å². The lowest BCUT2D eigenvalue weighted by molar-refractivity contribution is -0.124. The lowest BCUT2D eigenvalue weighted by atomic mass is 9.99. The van der Waals surface area contributed by atoms with Crippen LogP contribution in [0.25, 0.3) is 0 Å². The molecule has 4 heteroatoms. The van der Waals surface area contributed by atoms with Crippen LogP contribution in [0.15, 0.2) is 66.7 Å². The molecular formula is C21H24N2O2. The second-order valence-electron chi connectivity index (χ2n) is 6.24. The van der Waals surface area contributed by atoms with Crippen LogP contribution in [0, 0.1) is 0 Å². The van der Waals surface area contributed by atoms with Crippen molar-refractivity contribution >= 4 is 11.5 Å². The molecule has 1 aromatic rings. The van der Waals surface area contributed by atoms with E-state index in [2.05, 4.69) is 36.2 Å². The van der Waals surface area contributed by atoms with E-state index in [1.807, 2.05) is 30.2 Å². The molecular weight excluding hydrogens is 312 g/mol. The van der Waals surface area contributed by atoms with Gasteiger partial charge in [-0.05, 0) is 56.0 Å². The molecule has 0 amide bonds. The predicted molar refractivity (Wildman–Crippen MR) is 101 cm³/mol. The SMILES string of the molecule is C=CN1C=CC(CNc2cccc3c2OC(C(C)=O)CC3)=C/C1=C/C. The molecule has 130 valence electrons. The van der Waals surface area contributed by atoms with E-state index in [4.69, 9.17) is 4.74 Å². The van der Waals surface area contributed by atoms with Gasteiger partial charge in [0.1, 0.15) is 5.75 Å². The fourth-order valence-corrected chi connectivity index (χ4v) is 3.11. The number of fused-ring (bicyclic) bond motifs is 1. The summed E-state index contributed by atoms with van der Waals surface area (Å²) in [5.74, 6) is 0.897. The number of allylic oxidation sites excluding steroid dienone is 2. The van der Waals surface area contributed by atoms with Crippen LogP contribution >= 0.6 is 0 Å². The average Bonchev–Trinajstić information content (AvgIpc) is 2.65. The Morgan fingerprint density at radius 1 is 1.48 bits per heavy atom. The molecule has 0 bridgehead atoms. The van der Waals surface area contributed by atoms with Crippen LogP contribution in [0.3, 0.4) is 0 Å². The maximum Gasteiger partial charge on any atom is 0.170 e. The number of hydrogen-bond acceptors (Lipinski definition) is 4. The van der Waals surface area contributed by atoms with Crippen LogP contribution < -0.4 is 10.1 Å². The molecule has 2 aliphatic heterocycles. The third kappa shape index (κ3) is 3.68. The summed E-state index contributed by atoms with van der Waals surface area (Å²) in [5, 5.41) is 3.45. The van der Waals surface area contributed by atoms with E-state index >= 15 is 0 Å². The Labute approximate surface area is 149 Å². The first-order valence-electron chi connectivity index (χ1n) is 8.61. The monoisotopic (exact) mass is 336 g/mol. The summed E-state index contributed by atoms with van der Waals surface area (Å²) in [6, 6.07) is 6.10. The normalized spacial score (nSPS) is 20.6. The number of Topliss-reactive ketones (excluding diaryl/α,β-unsaturated/α-hetero) is 1. The van der Waals surface area contributed by atoms with Gasteiger partial charge in [0.05, 0.1) is 5.69 Å². The zero-order valence-corrected chi connectivity index (χ0v) is 14.8. The van der Waals surface area contributed by atoms with Gasteiger partial charge in [0, 0.05) is 24.6 Å². The maximum absolute atomic E-state index is 11.7. The van der Waals surface area contributed by atoms with Gasteiger partial charge in [-0.2, -0.15) is 0 Å². The highest BCUT2D eigenvalue weighted by atomic mass is 16.5. The van der Waals surface area contributed by atoms with Crippen LogP contribution in [-0.2, 0) is 11.2 Å². The van der Waals surface area contributed by atoms with Crippen molar-refractivity contribution in [2.24, 2.45) is 0 Å². The molecule has 0 spiro atoms. The molecule has 2 heterocycles. The summed E-state index contributed by atoms with van der Waals surface area (Å²) in [6.45, 7) is 8.10.